The predicted octanol–water partition coefficient (Wildman–Crippen LogP) is 3.12. The molecule has 0 spiro atoms. The zero-order valence-electron chi connectivity index (χ0n) is 17.7. The van der Waals surface area contributed by atoms with Crippen molar-refractivity contribution in [3.8, 4) is 11.3 Å². The SMILES string of the molecule is CC(=O)c1ccc(N2CCN(C(=O)Cn3cnc(-c4ccc(Cl)cc4)cc3=O)CC2)cc1. The fourth-order valence-corrected chi connectivity index (χ4v) is 3.82. The summed E-state index contributed by atoms with van der Waals surface area (Å²) in [7, 11) is 0. The van der Waals surface area contributed by atoms with Gasteiger partial charge in [-0.25, -0.2) is 4.98 Å². The number of hydrogen-bond acceptors (Lipinski definition) is 5. The molecule has 1 aliphatic rings. The molecule has 4 rings (SSSR count). The lowest BCUT2D eigenvalue weighted by atomic mass is 10.1. The van der Waals surface area contributed by atoms with E-state index in [-0.39, 0.29) is 23.8 Å². The minimum Gasteiger partial charge on any atom is -0.368 e. The van der Waals surface area contributed by atoms with Gasteiger partial charge in [-0.3, -0.25) is 19.0 Å². The van der Waals surface area contributed by atoms with Crippen molar-refractivity contribution in [1.82, 2.24) is 14.5 Å². The van der Waals surface area contributed by atoms with Gasteiger partial charge >= 0.3 is 0 Å². The quantitative estimate of drug-likeness (QED) is 0.558. The van der Waals surface area contributed by atoms with E-state index in [9.17, 15) is 14.4 Å². The Balaban J connectivity index is 1.36. The largest absolute Gasteiger partial charge is 0.368 e. The molecule has 0 atom stereocenters. The van der Waals surface area contributed by atoms with Gasteiger partial charge in [0.25, 0.3) is 5.56 Å². The van der Waals surface area contributed by atoms with E-state index in [0.29, 0.717) is 42.5 Å². The third-order valence-electron chi connectivity index (χ3n) is 5.60. The molecule has 1 aromatic heterocycles. The van der Waals surface area contributed by atoms with Crippen molar-refractivity contribution in [2.75, 3.05) is 31.1 Å². The van der Waals surface area contributed by atoms with Gasteiger partial charge in [-0.2, -0.15) is 0 Å². The van der Waals surface area contributed by atoms with Crippen LogP contribution in [0.25, 0.3) is 11.3 Å². The van der Waals surface area contributed by atoms with Crippen molar-refractivity contribution < 1.29 is 9.59 Å². The van der Waals surface area contributed by atoms with Crippen LogP contribution >= 0.6 is 11.6 Å². The monoisotopic (exact) mass is 450 g/mol. The van der Waals surface area contributed by atoms with Gasteiger partial charge in [0.15, 0.2) is 5.78 Å². The van der Waals surface area contributed by atoms with Gasteiger partial charge in [-0.1, -0.05) is 23.7 Å². The van der Waals surface area contributed by atoms with E-state index in [2.05, 4.69) is 9.88 Å². The maximum atomic E-state index is 12.7. The molecular formula is C24H23ClN4O3. The van der Waals surface area contributed by atoms with Crippen molar-refractivity contribution in [3.05, 3.63) is 81.9 Å². The lowest BCUT2D eigenvalue weighted by molar-refractivity contribution is -0.132. The van der Waals surface area contributed by atoms with Crippen molar-refractivity contribution in [2.45, 2.75) is 13.5 Å². The number of anilines is 1. The van der Waals surface area contributed by atoms with Crippen LogP contribution in [0.2, 0.25) is 5.02 Å². The van der Waals surface area contributed by atoms with Crippen LogP contribution in [0.4, 0.5) is 5.69 Å². The summed E-state index contributed by atoms with van der Waals surface area (Å²) in [5.74, 6) is -0.0717. The summed E-state index contributed by atoms with van der Waals surface area (Å²) in [6, 6.07) is 16.0. The first-order valence-corrected chi connectivity index (χ1v) is 10.7. The van der Waals surface area contributed by atoms with Gasteiger partial charge in [0.05, 0.1) is 12.0 Å². The lowest BCUT2D eigenvalue weighted by Gasteiger charge is -2.36. The Kier molecular flexibility index (Phi) is 6.37. The van der Waals surface area contributed by atoms with Crippen LogP contribution in [-0.2, 0) is 11.3 Å². The second kappa shape index (κ2) is 9.36. The number of Topliss-reactive ketones (excluding diaryl/α,β-unsaturated/α-hetero) is 1. The van der Waals surface area contributed by atoms with E-state index in [1.807, 2.05) is 24.3 Å². The van der Waals surface area contributed by atoms with Crippen LogP contribution in [0.15, 0.2) is 65.7 Å². The highest BCUT2D eigenvalue weighted by molar-refractivity contribution is 6.30. The number of carbonyl (C=O) groups excluding carboxylic acids is 2. The summed E-state index contributed by atoms with van der Waals surface area (Å²) in [5.41, 5.74) is 2.77. The Morgan fingerprint density at radius 3 is 2.22 bits per heavy atom. The van der Waals surface area contributed by atoms with Gasteiger partial charge in [-0.15, -0.1) is 0 Å². The molecule has 0 saturated carbocycles. The van der Waals surface area contributed by atoms with E-state index >= 15 is 0 Å². The Morgan fingerprint density at radius 2 is 1.62 bits per heavy atom. The van der Waals surface area contributed by atoms with Crippen molar-refractivity contribution in [3.63, 3.8) is 0 Å². The zero-order chi connectivity index (χ0) is 22.7. The normalized spacial score (nSPS) is 13.8. The number of benzene rings is 2. The standard InChI is InChI=1S/C24H23ClN4O3/c1-17(30)18-4-8-21(9-5-18)27-10-12-28(13-11-27)24(32)15-29-16-26-22(14-23(29)31)19-2-6-20(25)7-3-19/h2-9,14,16H,10-13,15H2,1H3. The summed E-state index contributed by atoms with van der Waals surface area (Å²) in [6.45, 7) is 4.02. The molecule has 32 heavy (non-hydrogen) atoms. The molecule has 3 aromatic rings. The molecule has 7 nitrogen and oxygen atoms in total. The van der Waals surface area contributed by atoms with Crippen LogP contribution < -0.4 is 10.5 Å². The summed E-state index contributed by atoms with van der Waals surface area (Å²) in [5, 5.41) is 0.612. The number of ketones is 1. The van der Waals surface area contributed by atoms with Crippen LogP contribution in [-0.4, -0.2) is 52.3 Å². The van der Waals surface area contributed by atoms with Crippen molar-refractivity contribution in [1.29, 1.82) is 0 Å². The molecule has 0 bridgehead atoms. The predicted molar refractivity (Wildman–Crippen MR) is 124 cm³/mol. The molecule has 2 aromatic carbocycles. The Labute approximate surface area is 190 Å². The van der Waals surface area contributed by atoms with Crippen LogP contribution in [0.1, 0.15) is 17.3 Å². The third-order valence-corrected chi connectivity index (χ3v) is 5.85. The van der Waals surface area contributed by atoms with Gasteiger partial charge in [0.2, 0.25) is 5.91 Å². The number of nitrogens with zero attached hydrogens (tertiary/aromatic N) is 4. The van der Waals surface area contributed by atoms with Crippen LogP contribution in [0.5, 0.6) is 0 Å². The minimum absolute atomic E-state index is 0.0397. The number of halogens is 1. The minimum atomic E-state index is -0.275. The molecule has 8 heteroatoms. The summed E-state index contributed by atoms with van der Waals surface area (Å²) >= 11 is 5.90. The first-order chi connectivity index (χ1) is 15.4. The second-order valence-electron chi connectivity index (χ2n) is 7.72. The van der Waals surface area contributed by atoms with Gasteiger partial charge < -0.3 is 9.80 Å². The average Bonchev–Trinajstić information content (AvgIpc) is 2.81. The van der Waals surface area contributed by atoms with E-state index in [4.69, 9.17) is 11.6 Å². The number of hydrogen-bond donors (Lipinski definition) is 0. The maximum Gasteiger partial charge on any atom is 0.254 e. The van der Waals surface area contributed by atoms with Crippen LogP contribution in [0, 0.1) is 0 Å². The average molecular weight is 451 g/mol. The Morgan fingerprint density at radius 1 is 0.969 bits per heavy atom. The summed E-state index contributed by atoms with van der Waals surface area (Å²) < 4.78 is 1.33. The molecule has 0 aliphatic carbocycles. The molecule has 1 fully saturated rings. The maximum absolute atomic E-state index is 12.7. The van der Waals surface area contributed by atoms with Gasteiger partial charge in [0, 0.05) is 54.1 Å². The molecule has 0 N–H and O–H groups in total. The first kappa shape index (κ1) is 21.8. The Hall–Kier alpha value is -3.45. The van der Waals surface area contributed by atoms with E-state index in [1.165, 1.54) is 17.0 Å². The molecule has 164 valence electrons. The number of rotatable bonds is 5. The zero-order valence-corrected chi connectivity index (χ0v) is 18.5. The highest BCUT2D eigenvalue weighted by Gasteiger charge is 2.22. The second-order valence-corrected chi connectivity index (χ2v) is 8.15. The van der Waals surface area contributed by atoms with Crippen LogP contribution in [0.3, 0.4) is 0 Å². The highest BCUT2D eigenvalue weighted by atomic mass is 35.5. The number of piperazine rings is 1. The summed E-state index contributed by atoms with van der Waals surface area (Å²) in [6.07, 6.45) is 1.41. The highest BCUT2D eigenvalue weighted by Crippen LogP contribution is 2.19. The number of amides is 1. The molecule has 0 unspecified atom stereocenters. The summed E-state index contributed by atoms with van der Waals surface area (Å²) in [4.78, 5) is 45.0. The molecule has 2 heterocycles. The topological polar surface area (TPSA) is 75.5 Å². The fourth-order valence-electron chi connectivity index (χ4n) is 3.69. The lowest BCUT2D eigenvalue weighted by Crippen LogP contribution is -2.50. The Bertz CT molecular complexity index is 1180. The van der Waals surface area contributed by atoms with Gasteiger partial charge in [0.1, 0.15) is 6.54 Å². The van der Waals surface area contributed by atoms with E-state index < -0.39 is 0 Å². The third kappa shape index (κ3) is 4.89. The fraction of sp³-hybridized carbons (Fsp3) is 0.250. The smallest absolute Gasteiger partial charge is 0.254 e. The van der Waals surface area contributed by atoms with Crippen molar-refractivity contribution in [2.24, 2.45) is 0 Å². The number of aromatic nitrogens is 2. The molecule has 1 amide bonds. The molecule has 1 saturated heterocycles. The van der Waals surface area contributed by atoms with Crippen molar-refractivity contribution >= 4 is 29.0 Å². The molecular weight excluding hydrogens is 428 g/mol. The van der Waals surface area contributed by atoms with Gasteiger partial charge in [-0.05, 0) is 43.3 Å². The van der Waals surface area contributed by atoms with E-state index in [1.54, 1.807) is 36.1 Å². The number of carbonyl (C=O) groups is 2. The van der Waals surface area contributed by atoms with E-state index in [0.717, 1.165) is 11.3 Å². The first-order valence-electron chi connectivity index (χ1n) is 10.4. The molecule has 1 aliphatic heterocycles. The molecule has 0 radical (unpaired) electrons.